The molecule has 0 aliphatic heterocycles. The van der Waals surface area contributed by atoms with Crippen LogP contribution in [0.2, 0.25) is 0 Å². The predicted octanol–water partition coefficient (Wildman–Crippen LogP) is 3.57. The van der Waals surface area contributed by atoms with Gasteiger partial charge in [0.25, 0.3) is 0 Å². The number of carbonyl (C=O) groups is 1. The minimum atomic E-state index is -1.02. The van der Waals surface area contributed by atoms with Crippen molar-refractivity contribution in [2.75, 3.05) is 13.2 Å². The van der Waals surface area contributed by atoms with Crippen molar-refractivity contribution in [3.63, 3.8) is 0 Å². The molecule has 2 aliphatic carbocycles. The quantitative estimate of drug-likeness (QED) is 0.423. The molecule has 0 unspecified atom stereocenters. The predicted molar refractivity (Wildman–Crippen MR) is 122 cm³/mol. The van der Waals surface area contributed by atoms with Crippen LogP contribution in [0.15, 0.2) is 30.3 Å². The second-order valence-corrected chi connectivity index (χ2v) is 7.25. The van der Waals surface area contributed by atoms with Crippen molar-refractivity contribution in [2.45, 2.75) is 26.5 Å². The average Bonchev–Trinajstić information content (AvgIpc) is 3.57. The molecule has 7 heteroatoms. The van der Waals surface area contributed by atoms with E-state index in [2.05, 4.69) is 10.4 Å². The summed E-state index contributed by atoms with van der Waals surface area (Å²) in [6.45, 7) is 4.16. The molecule has 4 rings (SSSR count). The molecule has 0 N–H and O–H groups in total. The Bertz CT molecular complexity index is 820. The zero-order valence-corrected chi connectivity index (χ0v) is 19.8. The number of nitrogens with zero attached hydrogens (tertiary/aromatic N) is 3. The molecule has 6 nitrogen and oxygen atoms in total. The number of hydrogen-bond donors (Lipinski definition) is 0. The van der Waals surface area contributed by atoms with Crippen LogP contribution in [0.25, 0.3) is 5.32 Å². The number of hydrogen-bond acceptors (Lipinski definition) is 4. The molecular formula is C26H27FeN3O3. The number of ether oxygens (including phenoxy) is 1. The molecule has 2 aromatic rings. The maximum atomic E-state index is 12.5. The van der Waals surface area contributed by atoms with Crippen LogP contribution in [0.4, 0.5) is 5.69 Å². The van der Waals surface area contributed by atoms with Gasteiger partial charge in [-0.05, 0) is 77.7 Å². The number of benzene rings is 1. The van der Waals surface area contributed by atoms with Gasteiger partial charge in [0, 0.05) is 12.5 Å². The third-order valence-electron chi connectivity index (χ3n) is 4.67. The molecule has 1 aromatic carbocycles. The maximum absolute atomic E-state index is 12.5. The van der Waals surface area contributed by atoms with Gasteiger partial charge in [0.05, 0.1) is 12.3 Å². The third-order valence-corrected chi connectivity index (χ3v) is 4.67. The van der Waals surface area contributed by atoms with Crippen molar-refractivity contribution >= 4 is 11.7 Å². The molecule has 2 fully saturated rings. The Hall–Kier alpha value is -1.82. The van der Waals surface area contributed by atoms with Crippen molar-refractivity contribution in [2.24, 2.45) is 0 Å². The van der Waals surface area contributed by atoms with E-state index in [-0.39, 0.29) is 42.5 Å². The van der Waals surface area contributed by atoms with Gasteiger partial charge in [0.2, 0.25) is 0 Å². The van der Waals surface area contributed by atoms with Crippen LogP contribution in [0.1, 0.15) is 28.7 Å². The zero-order chi connectivity index (χ0) is 22.8. The van der Waals surface area contributed by atoms with Gasteiger partial charge < -0.3 is 15.2 Å². The van der Waals surface area contributed by atoms with Crippen LogP contribution in [-0.2, 0) is 28.4 Å². The van der Waals surface area contributed by atoms with E-state index in [1.54, 1.807) is 13.0 Å². The zero-order valence-electron chi connectivity index (χ0n) is 18.7. The van der Waals surface area contributed by atoms with E-state index >= 15 is 0 Å². The molecule has 10 radical (unpaired) electrons. The summed E-state index contributed by atoms with van der Waals surface area (Å²) in [5, 5.41) is 21.2. The number of carbonyl (C=O) groups excluding carboxylic acids is 1. The molecule has 1 heterocycles. The summed E-state index contributed by atoms with van der Waals surface area (Å²) >= 11 is 0. The van der Waals surface area contributed by atoms with E-state index in [1.807, 2.05) is 89.0 Å². The van der Waals surface area contributed by atoms with Crippen LogP contribution >= 0.6 is 0 Å². The van der Waals surface area contributed by atoms with Crippen LogP contribution < -0.4 is 5.11 Å². The van der Waals surface area contributed by atoms with E-state index in [0.717, 1.165) is 17.2 Å². The maximum Gasteiger partial charge on any atom is 2.00 e. The van der Waals surface area contributed by atoms with Crippen molar-refractivity contribution in [3.05, 3.63) is 116 Å². The van der Waals surface area contributed by atoms with Gasteiger partial charge in [-0.3, -0.25) is 4.68 Å². The van der Waals surface area contributed by atoms with Crippen molar-refractivity contribution in [3.8, 4) is 0 Å². The van der Waals surface area contributed by atoms with Crippen molar-refractivity contribution in [1.29, 1.82) is 0 Å². The van der Waals surface area contributed by atoms with Crippen molar-refractivity contribution in [1.82, 2.24) is 9.78 Å². The molecule has 1 aromatic heterocycles. The van der Waals surface area contributed by atoms with E-state index in [4.69, 9.17) is 4.74 Å². The van der Waals surface area contributed by atoms with Gasteiger partial charge >= 0.3 is 23.0 Å². The average molecular weight is 485 g/mol. The standard InChI is InChI=1S/C21H22N3O3.C5H5.Fe/c1-3-27-21(26)20-12-19(16-6-4-5-7-16)23-24(20)14-18(25)13-22-17-10-8-15(2)9-11-17;1-2-4-5-3-1;/h4-12,18H,3,13-14H2,1-2H3;1-5H;/q-2;;+2/t18-;;/m0../s1. The molecule has 2 aliphatic rings. The molecule has 0 spiro atoms. The molecule has 2 saturated carbocycles. The third kappa shape index (κ3) is 8.80. The topological polar surface area (TPSA) is 81.3 Å². The monoisotopic (exact) mass is 485 g/mol. The van der Waals surface area contributed by atoms with Crippen LogP contribution in [-0.4, -0.2) is 35.0 Å². The summed E-state index contributed by atoms with van der Waals surface area (Å²) in [7, 11) is 0. The Morgan fingerprint density at radius 3 is 2.24 bits per heavy atom. The fourth-order valence-electron chi connectivity index (χ4n) is 3.04. The van der Waals surface area contributed by atoms with E-state index in [9.17, 15) is 9.90 Å². The van der Waals surface area contributed by atoms with E-state index < -0.39 is 12.1 Å². The molecule has 0 saturated heterocycles. The summed E-state index contributed by atoms with van der Waals surface area (Å²) in [4.78, 5) is 12.2. The number of rotatable bonds is 8. The minimum absolute atomic E-state index is 0. The number of esters is 1. The second-order valence-electron chi connectivity index (χ2n) is 7.25. The van der Waals surface area contributed by atoms with Gasteiger partial charge in [-0.1, -0.05) is 29.8 Å². The van der Waals surface area contributed by atoms with Crippen LogP contribution in [0.5, 0.6) is 0 Å². The molecule has 172 valence electrons. The largest absolute Gasteiger partial charge is 2.00 e. The Labute approximate surface area is 209 Å². The van der Waals surface area contributed by atoms with Crippen molar-refractivity contribution < 1.29 is 31.7 Å². The molecule has 0 amide bonds. The Balaban J connectivity index is 0.000000568. The Morgan fingerprint density at radius 1 is 1.06 bits per heavy atom. The first kappa shape index (κ1) is 27.4. The smallest absolute Gasteiger partial charge is 0.852 e. The summed E-state index contributed by atoms with van der Waals surface area (Å²) in [5.41, 5.74) is 2.84. The van der Waals surface area contributed by atoms with E-state index in [1.165, 1.54) is 4.68 Å². The minimum Gasteiger partial charge on any atom is -0.852 e. The molecular weight excluding hydrogens is 458 g/mol. The second kappa shape index (κ2) is 14.4. The van der Waals surface area contributed by atoms with Gasteiger partial charge in [-0.15, -0.1) is 18.3 Å². The first-order valence-corrected chi connectivity index (χ1v) is 10.6. The first-order chi connectivity index (χ1) is 15.6. The van der Waals surface area contributed by atoms with Crippen LogP contribution in [0.3, 0.4) is 0 Å². The normalized spacial score (nSPS) is 16.5. The van der Waals surface area contributed by atoms with E-state index in [0.29, 0.717) is 5.69 Å². The van der Waals surface area contributed by atoms with Crippen LogP contribution in [0, 0.1) is 70.6 Å². The Morgan fingerprint density at radius 2 is 1.67 bits per heavy atom. The van der Waals surface area contributed by atoms with Gasteiger partial charge in [-0.25, -0.2) is 4.79 Å². The van der Waals surface area contributed by atoms with Gasteiger partial charge in [-0.2, -0.15) is 5.10 Å². The first-order valence-electron chi connectivity index (χ1n) is 10.6. The number of aryl methyl sites for hydroxylation is 1. The number of aromatic nitrogens is 2. The molecule has 0 bridgehead atoms. The summed E-state index contributed by atoms with van der Waals surface area (Å²) < 4.78 is 6.53. The summed E-state index contributed by atoms with van der Waals surface area (Å²) in [6, 6.07) is 9.34. The molecule has 1 atom stereocenters. The SMILES string of the molecule is CCOC(=O)c1cc([C]2[CH][CH][CH][CH]2)nn1C[C@@H]([O-])C[N-]c1ccc(C)cc1.[CH]1[CH][CH][CH][CH]1.[Fe+2]. The summed E-state index contributed by atoms with van der Waals surface area (Å²) in [6.07, 6.45) is 16.6. The molecule has 33 heavy (non-hydrogen) atoms. The Kier molecular flexibility index (Phi) is 12.0. The fourth-order valence-corrected chi connectivity index (χ4v) is 3.04. The summed E-state index contributed by atoms with van der Waals surface area (Å²) in [5.74, 6) is 0.413. The van der Waals surface area contributed by atoms with Gasteiger partial charge in [0.1, 0.15) is 5.69 Å². The van der Waals surface area contributed by atoms with Gasteiger partial charge in [0.15, 0.2) is 0 Å². The fraction of sp³-hybridized carbons (Fsp3) is 0.231.